The molecule has 0 aromatic carbocycles. The van der Waals surface area contributed by atoms with E-state index in [-0.39, 0.29) is 23.7 Å². The molecule has 0 saturated heterocycles. The molecule has 0 aromatic rings. The highest BCUT2D eigenvalue weighted by Gasteiger charge is 2.26. The number of amides is 2. The lowest BCUT2D eigenvalue weighted by Gasteiger charge is -2.25. The molecule has 4 nitrogen and oxygen atoms in total. The first-order valence-corrected chi connectivity index (χ1v) is 21.1. The van der Waals surface area contributed by atoms with Crippen LogP contribution in [0, 0.1) is 11.8 Å². The Balaban J connectivity index is 3.93. The highest BCUT2D eigenvalue weighted by Crippen LogP contribution is 2.29. The zero-order valence-corrected chi connectivity index (χ0v) is 31.6. The van der Waals surface area contributed by atoms with E-state index in [0.29, 0.717) is 12.8 Å². The standard InChI is InChI=1S/C42H84N2O2/c1-3-5-7-9-11-13-15-17-19-21-23-25-27-29-31-33-35-39(37-38-41(43)45)40(42(44)46)36-34-32-30-28-26-24-22-20-18-16-14-12-10-8-6-4-2/h39-40H,3-38H2,1-2H3,(H2,43,45)(H2,44,46). The number of primary amides is 2. The van der Waals surface area contributed by atoms with Gasteiger partial charge in [-0.05, 0) is 25.2 Å². The van der Waals surface area contributed by atoms with Crippen LogP contribution < -0.4 is 11.5 Å². The lowest BCUT2D eigenvalue weighted by atomic mass is 9.80. The Morgan fingerprint density at radius 3 is 0.891 bits per heavy atom. The van der Waals surface area contributed by atoms with Gasteiger partial charge in [0, 0.05) is 12.3 Å². The van der Waals surface area contributed by atoms with Crippen LogP contribution in [0.5, 0.6) is 0 Å². The fraction of sp³-hybridized carbons (Fsp3) is 0.952. The second-order valence-corrected chi connectivity index (χ2v) is 15.0. The van der Waals surface area contributed by atoms with E-state index in [1.165, 1.54) is 193 Å². The lowest BCUT2D eigenvalue weighted by Crippen LogP contribution is -2.31. The first kappa shape index (κ1) is 44.9. The van der Waals surface area contributed by atoms with Crippen LogP contribution in [0.15, 0.2) is 0 Å². The molecule has 0 aliphatic rings. The van der Waals surface area contributed by atoms with Crippen LogP contribution in [-0.4, -0.2) is 11.8 Å². The van der Waals surface area contributed by atoms with Gasteiger partial charge in [-0.2, -0.15) is 0 Å². The molecule has 46 heavy (non-hydrogen) atoms. The Labute approximate surface area is 289 Å². The SMILES string of the molecule is CCCCCCCCCCCCCCCCCCC(CCC(N)=O)C(CCCCCCCCCCCCCCCCCC)C(N)=O. The average molecular weight is 649 g/mol. The first-order chi connectivity index (χ1) is 22.5. The first-order valence-electron chi connectivity index (χ1n) is 21.1. The molecule has 4 heteroatoms. The third-order valence-electron chi connectivity index (χ3n) is 10.5. The molecule has 0 saturated carbocycles. The summed E-state index contributed by atoms with van der Waals surface area (Å²) in [5.74, 6) is -0.343. The zero-order chi connectivity index (χ0) is 33.8. The summed E-state index contributed by atoms with van der Waals surface area (Å²) >= 11 is 0. The molecule has 0 aliphatic heterocycles. The summed E-state index contributed by atoms with van der Waals surface area (Å²) in [6, 6.07) is 0. The molecular weight excluding hydrogens is 564 g/mol. The van der Waals surface area contributed by atoms with Crippen LogP contribution in [0.2, 0.25) is 0 Å². The quantitative estimate of drug-likeness (QED) is 0.0650. The molecule has 4 N–H and O–H groups in total. The number of carbonyl (C=O) groups is 2. The minimum absolute atomic E-state index is 0.109. The third-order valence-corrected chi connectivity index (χ3v) is 10.5. The Bertz CT molecular complexity index is 637. The topological polar surface area (TPSA) is 86.2 Å². The van der Waals surface area contributed by atoms with Crippen LogP contribution in [0.25, 0.3) is 0 Å². The number of carbonyl (C=O) groups excluding carboxylic acids is 2. The van der Waals surface area contributed by atoms with Gasteiger partial charge in [0.15, 0.2) is 0 Å². The van der Waals surface area contributed by atoms with Gasteiger partial charge in [0.25, 0.3) is 0 Å². The zero-order valence-electron chi connectivity index (χ0n) is 31.6. The van der Waals surface area contributed by atoms with Crippen molar-refractivity contribution in [2.24, 2.45) is 23.3 Å². The summed E-state index contributed by atoms with van der Waals surface area (Å²) in [6.45, 7) is 4.57. The van der Waals surface area contributed by atoms with Gasteiger partial charge in [0.1, 0.15) is 0 Å². The number of hydrogen-bond acceptors (Lipinski definition) is 2. The van der Waals surface area contributed by atoms with Crippen molar-refractivity contribution in [2.75, 3.05) is 0 Å². The van der Waals surface area contributed by atoms with Crippen LogP contribution in [0.1, 0.15) is 245 Å². The molecule has 0 spiro atoms. The largest absolute Gasteiger partial charge is 0.370 e. The van der Waals surface area contributed by atoms with Crippen LogP contribution in [0.4, 0.5) is 0 Å². The molecule has 0 rings (SSSR count). The van der Waals surface area contributed by atoms with Crippen molar-refractivity contribution in [2.45, 2.75) is 245 Å². The van der Waals surface area contributed by atoms with Gasteiger partial charge in [-0.3, -0.25) is 9.59 Å². The van der Waals surface area contributed by atoms with Gasteiger partial charge in [0.05, 0.1) is 0 Å². The summed E-state index contributed by atoms with van der Waals surface area (Å²) in [6.07, 6.45) is 46.4. The number of nitrogens with two attached hydrogens (primary N) is 2. The summed E-state index contributed by atoms with van der Waals surface area (Å²) in [5, 5.41) is 0. The molecule has 0 aromatic heterocycles. The second kappa shape index (κ2) is 36.8. The van der Waals surface area contributed by atoms with Crippen molar-refractivity contribution < 1.29 is 9.59 Å². The summed E-state index contributed by atoms with van der Waals surface area (Å²) in [4.78, 5) is 24.0. The smallest absolute Gasteiger partial charge is 0.220 e. The van der Waals surface area contributed by atoms with Gasteiger partial charge < -0.3 is 11.5 Å². The maximum absolute atomic E-state index is 12.5. The van der Waals surface area contributed by atoms with E-state index in [2.05, 4.69) is 13.8 Å². The van der Waals surface area contributed by atoms with E-state index in [9.17, 15) is 9.59 Å². The molecular formula is C42H84N2O2. The Hall–Kier alpha value is -1.06. The molecule has 2 unspecified atom stereocenters. The van der Waals surface area contributed by atoms with Crippen LogP contribution in [0.3, 0.4) is 0 Å². The number of unbranched alkanes of at least 4 members (excludes halogenated alkanes) is 30. The van der Waals surface area contributed by atoms with Crippen LogP contribution in [-0.2, 0) is 9.59 Å². The molecule has 0 bridgehead atoms. The molecule has 2 atom stereocenters. The number of rotatable bonds is 39. The van der Waals surface area contributed by atoms with E-state index in [4.69, 9.17) is 11.5 Å². The van der Waals surface area contributed by atoms with E-state index in [1.807, 2.05) is 0 Å². The van der Waals surface area contributed by atoms with Crippen molar-refractivity contribution in [1.29, 1.82) is 0 Å². The monoisotopic (exact) mass is 649 g/mol. The Kier molecular flexibility index (Phi) is 35.9. The van der Waals surface area contributed by atoms with Gasteiger partial charge >= 0.3 is 0 Å². The molecule has 2 amide bonds. The maximum atomic E-state index is 12.5. The van der Waals surface area contributed by atoms with Gasteiger partial charge in [-0.25, -0.2) is 0 Å². The predicted octanol–water partition coefficient (Wildman–Crippen LogP) is 13.3. The Morgan fingerprint density at radius 1 is 0.370 bits per heavy atom. The maximum Gasteiger partial charge on any atom is 0.220 e. The van der Waals surface area contributed by atoms with Gasteiger partial charge in [0.2, 0.25) is 11.8 Å². The van der Waals surface area contributed by atoms with Crippen molar-refractivity contribution in [1.82, 2.24) is 0 Å². The molecule has 0 fully saturated rings. The highest BCUT2D eigenvalue weighted by atomic mass is 16.1. The summed E-state index contributed by atoms with van der Waals surface area (Å²) < 4.78 is 0. The second-order valence-electron chi connectivity index (χ2n) is 15.0. The van der Waals surface area contributed by atoms with Crippen molar-refractivity contribution in [3.63, 3.8) is 0 Å². The third kappa shape index (κ3) is 32.9. The molecule has 274 valence electrons. The van der Waals surface area contributed by atoms with Crippen LogP contribution >= 0.6 is 0 Å². The predicted molar refractivity (Wildman–Crippen MR) is 203 cm³/mol. The highest BCUT2D eigenvalue weighted by molar-refractivity contribution is 5.77. The minimum Gasteiger partial charge on any atom is -0.370 e. The normalized spacial score (nSPS) is 12.8. The Morgan fingerprint density at radius 2 is 0.630 bits per heavy atom. The molecule has 0 heterocycles. The van der Waals surface area contributed by atoms with Crippen molar-refractivity contribution in [3.8, 4) is 0 Å². The fourth-order valence-electron chi connectivity index (χ4n) is 7.35. The summed E-state index contributed by atoms with van der Waals surface area (Å²) in [7, 11) is 0. The molecule has 0 aliphatic carbocycles. The number of hydrogen-bond donors (Lipinski definition) is 2. The fourth-order valence-corrected chi connectivity index (χ4v) is 7.35. The van der Waals surface area contributed by atoms with Crippen molar-refractivity contribution in [3.05, 3.63) is 0 Å². The van der Waals surface area contributed by atoms with Crippen molar-refractivity contribution >= 4 is 11.8 Å². The lowest BCUT2D eigenvalue weighted by molar-refractivity contribution is -0.125. The van der Waals surface area contributed by atoms with E-state index >= 15 is 0 Å². The average Bonchev–Trinajstić information content (AvgIpc) is 3.04. The van der Waals surface area contributed by atoms with E-state index in [0.717, 1.165) is 25.7 Å². The van der Waals surface area contributed by atoms with Gasteiger partial charge in [-0.15, -0.1) is 0 Å². The molecule has 0 radical (unpaired) electrons. The van der Waals surface area contributed by atoms with E-state index in [1.54, 1.807) is 0 Å². The van der Waals surface area contributed by atoms with E-state index < -0.39 is 0 Å². The summed E-state index contributed by atoms with van der Waals surface area (Å²) in [5.41, 5.74) is 11.4. The minimum atomic E-state index is -0.261. The van der Waals surface area contributed by atoms with Gasteiger partial charge in [-0.1, -0.05) is 219 Å².